The van der Waals surface area contributed by atoms with Crippen LogP contribution >= 0.6 is 0 Å². The van der Waals surface area contributed by atoms with Gasteiger partial charge >= 0.3 is 0 Å². The van der Waals surface area contributed by atoms with Crippen LogP contribution in [0.15, 0.2) is 47.6 Å². The van der Waals surface area contributed by atoms with Crippen LogP contribution in [0.1, 0.15) is 27.2 Å². The molecule has 1 aromatic heterocycles. The standard InChI is InChI=1S/C21H20N4O3/c1-27-17-9-5-7-14(20(17)28-2)12-22-25-21(26)19-16-11-10-13-6-3-4-8-15(13)18(16)23-24-19/h3-9,12H,10-11H2,1-2H3,(H,23,24)(H,25,26)/b22-12-. The van der Waals surface area contributed by atoms with Crippen LogP contribution in [0.5, 0.6) is 11.5 Å². The highest BCUT2D eigenvalue weighted by molar-refractivity contribution is 5.96. The molecule has 3 aromatic rings. The molecule has 0 aliphatic heterocycles. The molecule has 4 rings (SSSR count). The fraction of sp³-hybridized carbons (Fsp3) is 0.190. The van der Waals surface area contributed by atoms with Gasteiger partial charge in [0.15, 0.2) is 11.5 Å². The maximum atomic E-state index is 12.6. The Balaban J connectivity index is 1.54. The number of nitrogens with zero attached hydrogens (tertiary/aromatic N) is 2. The summed E-state index contributed by atoms with van der Waals surface area (Å²) in [7, 11) is 3.13. The molecule has 1 aliphatic rings. The Bertz CT molecular complexity index is 1060. The number of amides is 1. The van der Waals surface area contributed by atoms with E-state index in [2.05, 4.69) is 26.8 Å². The van der Waals surface area contributed by atoms with Gasteiger partial charge in [0.05, 0.1) is 26.1 Å². The summed E-state index contributed by atoms with van der Waals surface area (Å²) in [6.45, 7) is 0. The summed E-state index contributed by atoms with van der Waals surface area (Å²) in [6, 6.07) is 13.6. The van der Waals surface area contributed by atoms with Gasteiger partial charge in [-0.1, -0.05) is 30.3 Å². The van der Waals surface area contributed by atoms with Crippen LogP contribution < -0.4 is 14.9 Å². The molecule has 0 bridgehead atoms. The van der Waals surface area contributed by atoms with Crippen LogP contribution in [0.2, 0.25) is 0 Å². The van der Waals surface area contributed by atoms with Crippen LogP contribution in [0.3, 0.4) is 0 Å². The summed E-state index contributed by atoms with van der Waals surface area (Å²) < 4.78 is 10.6. The average Bonchev–Trinajstić information content (AvgIpc) is 3.18. The number of ether oxygens (including phenoxy) is 2. The van der Waals surface area contributed by atoms with E-state index in [9.17, 15) is 4.79 Å². The summed E-state index contributed by atoms with van der Waals surface area (Å²) >= 11 is 0. The number of carbonyl (C=O) groups is 1. The molecular formula is C21H20N4O3. The third-order valence-electron chi connectivity index (χ3n) is 4.81. The number of carbonyl (C=O) groups excluding carboxylic acids is 1. The van der Waals surface area contributed by atoms with Crippen LogP contribution in [0, 0.1) is 0 Å². The normalized spacial score (nSPS) is 12.4. The lowest BCUT2D eigenvalue weighted by Crippen LogP contribution is -2.20. The number of hydrogen-bond donors (Lipinski definition) is 2. The largest absolute Gasteiger partial charge is 0.493 e. The van der Waals surface area contributed by atoms with E-state index in [4.69, 9.17) is 9.47 Å². The minimum absolute atomic E-state index is 0.328. The Morgan fingerprint density at radius 3 is 2.82 bits per heavy atom. The maximum Gasteiger partial charge on any atom is 0.289 e. The molecule has 142 valence electrons. The highest BCUT2D eigenvalue weighted by atomic mass is 16.5. The van der Waals surface area contributed by atoms with Crippen molar-refractivity contribution in [3.63, 3.8) is 0 Å². The Morgan fingerprint density at radius 2 is 2.00 bits per heavy atom. The van der Waals surface area contributed by atoms with Crippen LogP contribution in [0.4, 0.5) is 0 Å². The van der Waals surface area contributed by atoms with Crippen molar-refractivity contribution in [1.82, 2.24) is 15.6 Å². The van der Waals surface area contributed by atoms with Gasteiger partial charge < -0.3 is 9.47 Å². The number of aromatic nitrogens is 2. The van der Waals surface area contributed by atoms with Crippen molar-refractivity contribution in [2.45, 2.75) is 12.8 Å². The Labute approximate surface area is 162 Å². The van der Waals surface area contributed by atoms with Gasteiger partial charge in [-0.25, -0.2) is 5.43 Å². The Morgan fingerprint density at radius 1 is 1.14 bits per heavy atom. The van der Waals surface area contributed by atoms with Crippen molar-refractivity contribution in [1.29, 1.82) is 0 Å². The molecule has 28 heavy (non-hydrogen) atoms. The van der Waals surface area contributed by atoms with Gasteiger partial charge in [0.1, 0.15) is 5.69 Å². The van der Waals surface area contributed by atoms with Crippen molar-refractivity contribution in [3.05, 3.63) is 64.8 Å². The topological polar surface area (TPSA) is 88.6 Å². The number of H-pyrrole nitrogens is 1. The molecule has 1 heterocycles. The molecule has 2 aromatic carbocycles. The van der Waals surface area contributed by atoms with E-state index in [1.54, 1.807) is 20.3 Å². The van der Waals surface area contributed by atoms with Crippen molar-refractivity contribution in [2.75, 3.05) is 14.2 Å². The third-order valence-corrected chi connectivity index (χ3v) is 4.81. The SMILES string of the molecule is COc1cccc(/C=N\NC(=O)c2[nH]nc3c2CCc2ccccc2-3)c1OC. The van der Waals surface area contributed by atoms with E-state index < -0.39 is 0 Å². The molecule has 1 amide bonds. The smallest absolute Gasteiger partial charge is 0.289 e. The van der Waals surface area contributed by atoms with Gasteiger partial charge in [0.2, 0.25) is 0 Å². The van der Waals surface area contributed by atoms with Gasteiger partial charge in [0.25, 0.3) is 5.91 Å². The van der Waals surface area contributed by atoms with Crippen molar-refractivity contribution >= 4 is 12.1 Å². The van der Waals surface area contributed by atoms with E-state index >= 15 is 0 Å². The lowest BCUT2D eigenvalue weighted by Gasteiger charge is -2.15. The van der Waals surface area contributed by atoms with E-state index in [1.807, 2.05) is 30.3 Å². The molecule has 0 unspecified atom stereocenters. The first-order chi connectivity index (χ1) is 13.7. The van der Waals surface area contributed by atoms with Gasteiger partial charge in [-0.3, -0.25) is 9.89 Å². The molecular weight excluding hydrogens is 356 g/mol. The number of aryl methyl sites for hydroxylation is 1. The monoisotopic (exact) mass is 376 g/mol. The number of benzene rings is 2. The maximum absolute atomic E-state index is 12.6. The molecule has 0 spiro atoms. The highest BCUT2D eigenvalue weighted by Crippen LogP contribution is 2.33. The average molecular weight is 376 g/mol. The van der Waals surface area contributed by atoms with Crippen LogP contribution in [-0.4, -0.2) is 36.5 Å². The molecule has 0 saturated carbocycles. The second-order valence-electron chi connectivity index (χ2n) is 6.36. The van der Waals surface area contributed by atoms with Gasteiger partial charge in [-0.05, 0) is 30.5 Å². The lowest BCUT2D eigenvalue weighted by atomic mass is 9.89. The predicted molar refractivity (Wildman–Crippen MR) is 106 cm³/mol. The Kier molecular flexibility index (Phi) is 4.80. The van der Waals surface area contributed by atoms with E-state index in [1.165, 1.54) is 11.8 Å². The molecule has 7 nitrogen and oxygen atoms in total. The van der Waals surface area contributed by atoms with E-state index in [0.29, 0.717) is 22.8 Å². The zero-order valence-electron chi connectivity index (χ0n) is 15.7. The fourth-order valence-electron chi connectivity index (χ4n) is 3.48. The summed E-state index contributed by atoms with van der Waals surface area (Å²) in [6.07, 6.45) is 3.17. The number of hydrazone groups is 1. The third kappa shape index (κ3) is 3.11. The molecule has 1 aliphatic carbocycles. The predicted octanol–water partition coefficient (Wildman–Crippen LogP) is 2.96. The number of para-hydroxylation sites is 1. The first-order valence-corrected chi connectivity index (χ1v) is 8.93. The molecule has 0 fully saturated rings. The second kappa shape index (κ2) is 7.56. The summed E-state index contributed by atoms with van der Waals surface area (Å²) in [5.74, 6) is 0.823. The minimum Gasteiger partial charge on any atom is -0.493 e. The molecule has 7 heteroatoms. The van der Waals surface area contributed by atoms with E-state index in [-0.39, 0.29) is 5.91 Å². The quantitative estimate of drug-likeness (QED) is 0.529. The van der Waals surface area contributed by atoms with Crippen molar-refractivity contribution in [2.24, 2.45) is 5.10 Å². The zero-order chi connectivity index (χ0) is 19.5. The van der Waals surface area contributed by atoms with E-state index in [0.717, 1.165) is 29.7 Å². The van der Waals surface area contributed by atoms with Gasteiger partial charge in [-0.15, -0.1) is 0 Å². The minimum atomic E-state index is -0.328. The summed E-state index contributed by atoms with van der Waals surface area (Å²) in [5, 5.41) is 11.3. The van der Waals surface area contributed by atoms with Crippen LogP contribution in [-0.2, 0) is 12.8 Å². The fourth-order valence-corrected chi connectivity index (χ4v) is 3.48. The number of methoxy groups -OCH3 is 2. The zero-order valence-corrected chi connectivity index (χ0v) is 15.7. The number of nitrogens with one attached hydrogen (secondary N) is 2. The van der Waals surface area contributed by atoms with Crippen molar-refractivity contribution in [3.8, 4) is 22.8 Å². The second-order valence-corrected chi connectivity index (χ2v) is 6.36. The first-order valence-electron chi connectivity index (χ1n) is 8.93. The highest BCUT2D eigenvalue weighted by Gasteiger charge is 2.24. The lowest BCUT2D eigenvalue weighted by molar-refractivity contribution is 0.0949. The number of fused-ring (bicyclic) bond motifs is 3. The number of rotatable bonds is 5. The van der Waals surface area contributed by atoms with Crippen LogP contribution in [0.25, 0.3) is 11.3 Å². The van der Waals surface area contributed by atoms with Gasteiger partial charge in [0, 0.05) is 16.7 Å². The molecule has 0 radical (unpaired) electrons. The summed E-state index contributed by atoms with van der Waals surface area (Å²) in [5.41, 5.74) is 7.78. The number of aromatic amines is 1. The van der Waals surface area contributed by atoms with Gasteiger partial charge in [-0.2, -0.15) is 10.2 Å². The van der Waals surface area contributed by atoms with Crippen molar-refractivity contribution < 1.29 is 14.3 Å². The molecule has 0 saturated heterocycles. The summed E-state index contributed by atoms with van der Waals surface area (Å²) in [4.78, 5) is 12.6. The molecule has 2 N–H and O–H groups in total. The first kappa shape index (κ1) is 17.8. The molecule has 0 atom stereocenters. The number of hydrogen-bond acceptors (Lipinski definition) is 5. The Hall–Kier alpha value is -3.61.